The summed E-state index contributed by atoms with van der Waals surface area (Å²) in [5.74, 6) is 1.49. The Kier molecular flexibility index (Phi) is 4.60. The van der Waals surface area contributed by atoms with Crippen LogP contribution in [0.25, 0.3) is 0 Å². The predicted molar refractivity (Wildman–Crippen MR) is 106 cm³/mol. The first-order valence-electron chi connectivity index (χ1n) is 9.52. The van der Waals surface area contributed by atoms with Gasteiger partial charge in [0.15, 0.2) is 5.75 Å². The fourth-order valence-corrected chi connectivity index (χ4v) is 3.94. The number of benzene rings is 2. The minimum Gasteiger partial charge on any atom is -0.454 e. The van der Waals surface area contributed by atoms with Crippen LogP contribution in [0.2, 0.25) is 0 Å². The highest BCUT2D eigenvalue weighted by Gasteiger charge is 2.26. The van der Waals surface area contributed by atoms with E-state index >= 15 is 0 Å². The largest absolute Gasteiger partial charge is 0.454 e. The van der Waals surface area contributed by atoms with Gasteiger partial charge in [0.05, 0.1) is 11.3 Å². The van der Waals surface area contributed by atoms with Crippen LogP contribution in [0.4, 0.5) is 11.4 Å². The minimum absolute atomic E-state index is 0.0103. The van der Waals surface area contributed by atoms with Crippen molar-refractivity contribution in [1.82, 2.24) is 0 Å². The zero-order valence-electron chi connectivity index (χ0n) is 15.7. The Morgan fingerprint density at radius 3 is 2.67 bits per heavy atom. The smallest absolute Gasteiger partial charge is 0.261 e. The molecule has 0 radical (unpaired) electrons. The molecule has 1 heterocycles. The van der Waals surface area contributed by atoms with Gasteiger partial charge >= 0.3 is 0 Å². The van der Waals surface area contributed by atoms with E-state index in [2.05, 4.69) is 5.32 Å². The summed E-state index contributed by atoms with van der Waals surface area (Å²) in [5, 5.41) is 2.94. The molecule has 1 aliphatic heterocycles. The van der Waals surface area contributed by atoms with Crippen molar-refractivity contribution in [3.8, 4) is 11.5 Å². The molecule has 1 fully saturated rings. The summed E-state index contributed by atoms with van der Waals surface area (Å²) in [6.07, 6.45) is 5.25. The number of ether oxygens (including phenoxy) is 1. The Balaban J connectivity index is 1.58. The number of carbonyl (C=O) groups excluding carboxylic acids is 2. The first-order chi connectivity index (χ1) is 13.0. The van der Waals surface area contributed by atoms with Gasteiger partial charge in [-0.1, -0.05) is 18.9 Å². The van der Waals surface area contributed by atoms with Gasteiger partial charge in [0.25, 0.3) is 5.91 Å². The summed E-state index contributed by atoms with van der Waals surface area (Å²) in [6.45, 7) is 1.98. The number of nitrogens with one attached hydrogen (secondary N) is 1. The quantitative estimate of drug-likeness (QED) is 0.843. The molecule has 5 nitrogen and oxygen atoms in total. The number of anilines is 2. The van der Waals surface area contributed by atoms with E-state index in [-0.39, 0.29) is 11.8 Å². The fourth-order valence-electron chi connectivity index (χ4n) is 3.94. The molecule has 2 aromatic carbocycles. The average molecular weight is 364 g/mol. The van der Waals surface area contributed by atoms with Crippen LogP contribution < -0.4 is 15.0 Å². The summed E-state index contributed by atoms with van der Waals surface area (Å²) in [5.41, 5.74) is 2.88. The van der Waals surface area contributed by atoms with E-state index in [1.165, 1.54) is 12.8 Å². The van der Waals surface area contributed by atoms with E-state index in [0.717, 1.165) is 24.1 Å². The Labute approximate surface area is 159 Å². The van der Waals surface area contributed by atoms with Crippen molar-refractivity contribution in [3.63, 3.8) is 0 Å². The molecular formula is C22H24N2O3. The van der Waals surface area contributed by atoms with Crippen LogP contribution in [0.5, 0.6) is 11.5 Å². The lowest BCUT2D eigenvalue weighted by atomic mass is 10.0. The van der Waals surface area contributed by atoms with Crippen LogP contribution in [0.1, 0.15) is 48.0 Å². The molecule has 0 aromatic heterocycles. The van der Waals surface area contributed by atoms with Crippen molar-refractivity contribution in [3.05, 3.63) is 47.5 Å². The molecule has 1 aliphatic carbocycles. The van der Waals surface area contributed by atoms with Crippen molar-refractivity contribution in [2.45, 2.75) is 39.0 Å². The molecule has 2 aromatic rings. The summed E-state index contributed by atoms with van der Waals surface area (Å²) in [6, 6.07) is 11.0. The van der Waals surface area contributed by atoms with E-state index in [1.807, 2.05) is 25.1 Å². The molecule has 5 heteroatoms. The van der Waals surface area contributed by atoms with Gasteiger partial charge in [0.1, 0.15) is 5.75 Å². The summed E-state index contributed by atoms with van der Waals surface area (Å²) in [7, 11) is 1.74. The molecule has 0 unspecified atom stereocenters. The zero-order chi connectivity index (χ0) is 19.0. The Hall–Kier alpha value is -2.82. The third-order valence-corrected chi connectivity index (χ3v) is 5.44. The third kappa shape index (κ3) is 3.54. The van der Waals surface area contributed by atoms with Crippen molar-refractivity contribution in [1.29, 1.82) is 0 Å². The van der Waals surface area contributed by atoms with E-state index in [9.17, 15) is 9.59 Å². The molecule has 0 bridgehead atoms. The zero-order valence-corrected chi connectivity index (χ0v) is 15.7. The van der Waals surface area contributed by atoms with Crippen LogP contribution in [0, 0.1) is 12.8 Å². The van der Waals surface area contributed by atoms with E-state index in [4.69, 9.17) is 4.74 Å². The molecule has 4 rings (SSSR count). The molecule has 2 aliphatic rings. The second-order valence-corrected chi connectivity index (χ2v) is 7.55. The normalized spacial score (nSPS) is 16.4. The van der Waals surface area contributed by atoms with Crippen molar-refractivity contribution in [2.75, 3.05) is 17.3 Å². The highest BCUT2D eigenvalue weighted by molar-refractivity contribution is 6.10. The second kappa shape index (κ2) is 7.06. The Morgan fingerprint density at radius 2 is 1.89 bits per heavy atom. The van der Waals surface area contributed by atoms with Gasteiger partial charge < -0.3 is 15.0 Å². The lowest BCUT2D eigenvalue weighted by Gasteiger charge is -2.17. The monoisotopic (exact) mass is 364 g/mol. The lowest BCUT2D eigenvalue weighted by Crippen LogP contribution is -2.25. The summed E-state index contributed by atoms with van der Waals surface area (Å²) in [4.78, 5) is 26.9. The number of carbonyl (C=O) groups is 2. The van der Waals surface area contributed by atoms with Crippen molar-refractivity contribution >= 4 is 23.2 Å². The highest BCUT2D eigenvalue weighted by Crippen LogP contribution is 2.39. The van der Waals surface area contributed by atoms with Gasteiger partial charge in [0.2, 0.25) is 5.91 Å². The maximum atomic E-state index is 13.0. The number of hydrogen-bond donors (Lipinski definition) is 1. The predicted octanol–water partition coefficient (Wildman–Crippen LogP) is 4.90. The second-order valence-electron chi connectivity index (χ2n) is 7.55. The van der Waals surface area contributed by atoms with E-state index in [0.29, 0.717) is 35.1 Å². The number of fused-ring (bicyclic) bond motifs is 2. The molecule has 1 saturated carbocycles. The molecule has 0 atom stereocenters. The van der Waals surface area contributed by atoms with Crippen LogP contribution >= 0.6 is 0 Å². The molecule has 140 valence electrons. The molecule has 0 saturated heterocycles. The highest BCUT2D eigenvalue weighted by atomic mass is 16.5. The topological polar surface area (TPSA) is 58.6 Å². The first kappa shape index (κ1) is 17.6. The average Bonchev–Trinajstić information content (AvgIpc) is 3.12. The maximum Gasteiger partial charge on any atom is 0.261 e. The van der Waals surface area contributed by atoms with Crippen molar-refractivity contribution < 1.29 is 14.3 Å². The number of nitrogens with zero attached hydrogens (tertiary/aromatic N) is 1. The summed E-state index contributed by atoms with van der Waals surface area (Å²) < 4.78 is 5.99. The SMILES string of the molecule is Cc1ccc2c(c1)N(C)C(=O)c1cc(NC(=O)CC3CCCC3)ccc1O2. The van der Waals surface area contributed by atoms with Gasteiger partial charge in [-0.15, -0.1) is 0 Å². The molecule has 0 spiro atoms. The van der Waals surface area contributed by atoms with Crippen molar-refractivity contribution in [2.24, 2.45) is 5.92 Å². The fraction of sp³-hybridized carbons (Fsp3) is 0.364. The molecule has 27 heavy (non-hydrogen) atoms. The minimum atomic E-state index is -0.152. The van der Waals surface area contributed by atoms with Gasteiger partial charge in [-0.3, -0.25) is 9.59 Å². The summed E-state index contributed by atoms with van der Waals surface area (Å²) >= 11 is 0. The number of hydrogen-bond acceptors (Lipinski definition) is 3. The Bertz CT molecular complexity index is 900. The number of rotatable bonds is 3. The first-order valence-corrected chi connectivity index (χ1v) is 9.52. The maximum absolute atomic E-state index is 13.0. The van der Waals surface area contributed by atoms with Gasteiger partial charge in [-0.25, -0.2) is 0 Å². The van der Waals surface area contributed by atoms with Crippen LogP contribution in [-0.4, -0.2) is 18.9 Å². The van der Waals surface area contributed by atoms with E-state index in [1.54, 1.807) is 30.1 Å². The van der Waals surface area contributed by atoms with Gasteiger partial charge in [-0.05, 0) is 61.6 Å². The molecular weight excluding hydrogens is 340 g/mol. The van der Waals surface area contributed by atoms with Crippen LogP contribution in [0.3, 0.4) is 0 Å². The Morgan fingerprint density at radius 1 is 1.15 bits per heavy atom. The van der Waals surface area contributed by atoms with Gasteiger partial charge in [-0.2, -0.15) is 0 Å². The van der Waals surface area contributed by atoms with Crippen LogP contribution in [-0.2, 0) is 4.79 Å². The van der Waals surface area contributed by atoms with Crippen LogP contribution in [0.15, 0.2) is 36.4 Å². The standard InChI is InChI=1S/C22H24N2O3/c1-14-7-9-20-18(11-14)24(2)22(26)17-13-16(8-10-19(17)27-20)23-21(25)12-15-5-3-4-6-15/h7-11,13,15H,3-6,12H2,1-2H3,(H,23,25). The van der Waals surface area contributed by atoms with E-state index < -0.39 is 0 Å². The van der Waals surface area contributed by atoms with Gasteiger partial charge in [0, 0.05) is 19.2 Å². The number of aryl methyl sites for hydroxylation is 1. The molecule has 2 amide bonds. The third-order valence-electron chi connectivity index (χ3n) is 5.44. The lowest BCUT2D eigenvalue weighted by molar-refractivity contribution is -0.117. The number of amides is 2. The molecule has 1 N–H and O–H groups in total.